The minimum atomic E-state index is -0.143. The molecule has 0 saturated carbocycles. The number of hydrogen-bond donors (Lipinski definition) is 0. The molecule has 1 saturated heterocycles. The molecule has 1 fully saturated rings. The number of hydrogen-bond acceptors (Lipinski definition) is 7. The van der Waals surface area contributed by atoms with Crippen LogP contribution in [0, 0.1) is 5.92 Å². The molecule has 30 heavy (non-hydrogen) atoms. The van der Waals surface area contributed by atoms with Gasteiger partial charge in [-0.2, -0.15) is 5.10 Å². The van der Waals surface area contributed by atoms with Crippen LogP contribution in [0.5, 0.6) is 0 Å². The maximum absolute atomic E-state index is 12.9. The summed E-state index contributed by atoms with van der Waals surface area (Å²) < 4.78 is 4.03. The van der Waals surface area contributed by atoms with E-state index in [9.17, 15) is 9.59 Å². The Kier molecular flexibility index (Phi) is 4.83. The van der Waals surface area contributed by atoms with Gasteiger partial charge in [-0.05, 0) is 43.0 Å². The molecular weight excluding hydrogens is 402 g/mol. The summed E-state index contributed by atoms with van der Waals surface area (Å²) in [5.41, 5.74) is 3.26. The van der Waals surface area contributed by atoms with Gasteiger partial charge in [0.15, 0.2) is 5.82 Å². The first kappa shape index (κ1) is 18.6. The number of thiazole rings is 1. The molecule has 0 spiro atoms. The smallest absolute Gasteiger partial charge is 0.266 e. The fourth-order valence-corrected chi connectivity index (χ4v) is 4.47. The van der Waals surface area contributed by atoms with Crippen LogP contribution in [0.1, 0.15) is 23.2 Å². The summed E-state index contributed by atoms with van der Waals surface area (Å²) >= 11 is 1.54. The Morgan fingerprint density at radius 3 is 2.83 bits per heavy atom. The Morgan fingerprint density at radius 1 is 1.17 bits per heavy atom. The molecule has 0 bridgehead atoms. The fraction of sp³-hybridized carbons (Fsp3) is 0.300. The predicted octanol–water partition coefficient (Wildman–Crippen LogP) is 1.99. The molecule has 3 aromatic heterocycles. The topological polar surface area (TPSA) is 98.8 Å². The average Bonchev–Trinajstić information content (AvgIpc) is 3.47. The minimum Gasteiger partial charge on any atom is -0.339 e. The molecule has 10 heteroatoms. The SMILES string of the molecule is O=C(c1ccc2ncsc2c1)N1CCC(Cn2nc(-n3cncn3)ccc2=O)CC1. The molecule has 0 atom stereocenters. The maximum atomic E-state index is 12.9. The molecule has 1 aliphatic heterocycles. The van der Waals surface area contributed by atoms with E-state index in [4.69, 9.17) is 0 Å². The van der Waals surface area contributed by atoms with E-state index in [1.54, 1.807) is 17.9 Å². The Hall–Kier alpha value is -3.40. The highest BCUT2D eigenvalue weighted by atomic mass is 32.1. The van der Waals surface area contributed by atoms with Gasteiger partial charge in [0.2, 0.25) is 0 Å². The van der Waals surface area contributed by atoms with Crippen LogP contribution in [0.4, 0.5) is 0 Å². The van der Waals surface area contributed by atoms with Crippen molar-refractivity contribution in [2.45, 2.75) is 19.4 Å². The van der Waals surface area contributed by atoms with E-state index < -0.39 is 0 Å². The van der Waals surface area contributed by atoms with Gasteiger partial charge in [-0.15, -0.1) is 16.4 Å². The van der Waals surface area contributed by atoms with Gasteiger partial charge < -0.3 is 4.90 Å². The van der Waals surface area contributed by atoms with Gasteiger partial charge in [-0.25, -0.2) is 19.3 Å². The Labute approximate surface area is 175 Å². The van der Waals surface area contributed by atoms with E-state index in [1.807, 2.05) is 23.1 Å². The highest BCUT2D eigenvalue weighted by molar-refractivity contribution is 7.16. The summed E-state index contributed by atoms with van der Waals surface area (Å²) in [4.78, 5) is 35.2. The van der Waals surface area contributed by atoms with Crippen molar-refractivity contribution in [2.75, 3.05) is 13.1 Å². The normalized spacial score (nSPS) is 15.0. The van der Waals surface area contributed by atoms with Crippen molar-refractivity contribution in [1.29, 1.82) is 0 Å². The number of aromatic nitrogens is 6. The molecule has 1 aromatic carbocycles. The van der Waals surface area contributed by atoms with E-state index >= 15 is 0 Å². The van der Waals surface area contributed by atoms with E-state index in [0.29, 0.717) is 31.0 Å². The minimum absolute atomic E-state index is 0.0484. The molecule has 0 N–H and O–H groups in total. The summed E-state index contributed by atoms with van der Waals surface area (Å²) in [7, 11) is 0. The summed E-state index contributed by atoms with van der Waals surface area (Å²) in [6, 6.07) is 8.79. The van der Waals surface area contributed by atoms with Crippen LogP contribution in [0.2, 0.25) is 0 Å². The third-order valence-corrected chi connectivity index (χ3v) is 6.21. The first-order valence-electron chi connectivity index (χ1n) is 9.73. The van der Waals surface area contributed by atoms with Crippen molar-refractivity contribution in [3.63, 3.8) is 0 Å². The zero-order valence-corrected chi connectivity index (χ0v) is 16.9. The van der Waals surface area contributed by atoms with Crippen LogP contribution in [0.3, 0.4) is 0 Å². The average molecular weight is 421 g/mol. The zero-order chi connectivity index (χ0) is 20.5. The van der Waals surface area contributed by atoms with Crippen LogP contribution in [0.25, 0.3) is 16.0 Å². The van der Waals surface area contributed by atoms with Gasteiger partial charge in [0, 0.05) is 31.3 Å². The molecule has 5 rings (SSSR count). The molecule has 0 aliphatic carbocycles. The fourth-order valence-electron chi connectivity index (χ4n) is 3.75. The van der Waals surface area contributed by atoms with Crippen LogP contribution in [0.15, 0.2) is 53.3 Å². The molecule has 0 radical (unpaired) electrons. The van der Waals surface area contributed by atoms with Gasteiger partial charge in [-0.3, -0.25) is 9.59 Å². The lowest BCUT2D eigenvalue weighted by atomic mass is 9.96. The number of carbonyl (C=O) groups excluding carboxylic acids is 1. The third-order valence-electron chi connectivity index (χ3n) is 5.42. The first-order chi connectivity index (χ1) is 14.7. The zero-order valence-electron chi connectivity index (χ0n) is 16.1. The van der Waals surface area contributed by atoms with Gasteiger partial charge in [-0.1, -0.05) is 0 Å². The Balaban J connectivity index is 1.24. The van der Waals surface area contributed by atoms with Crippen molar-refractivity contribution in [1.82, 2.24) is 34.4 Å². The monoisotopic (exact) mass is 421 g/mol. The molecule has 4 heterocycles. The standard InChI is InChI=1S/C20H19N7O2S/c28-19-4-3-18(27-12-21-11-23-27)24-26(19)10-14-5-7-25(8-6-14)20(29)15-1-2-16-17(9-15)30-13-22-16/h1-4,9,11-14H,5-8,10H2. The van der Waals surface area contributed by atoms with Gasteiger partial charge >= 0.3 is 0 Å². The number of rotatable bonds is 4. The third kappa shape index (κ3) is 3.61. The number of fused-ring (bicyclic) bond motifs is 1. The number of carbonyl (C=O) groups is 1. The van der Waals surface area contributed by atoms with Crippen LogP contribution >= 0.6 is 11.3 Å². The van der Waals surface area contributed by atoms with Crippen molar-refractivity contribution in [3.05, 3.63) is 64.4 Å². The lowest BCUT2D eigenvalue weighted by Gasteiger charge is -2.32. The quantitative estimate of drug-likeness (QED) is 0.500. The van der Waals surface area contributed by atoms with Gasteiger partial charge in [0.25, 0.3) is 11.5 Å². The maximum Gasteiger partial charge on any atom is 0.266 e. The highest BCUT2D eigenvalue weighted by Gasteiger charge is 2.24. The van der Waals surface area contributed by atoms with Gasteiger partial charge in [0.1, 0.15) is 12.7 Å². The van der Waals surface area contributed by atoms with Crippen molar-refractivity contribution < 1.29 is 4.79 Å². The summed E-state index contributed by atoms with van der Waals surface area (Å²) in [5.74, 6) is 0.889. The molecule has 9 nitrogen and oxygen atoms in total. The predicted molar refractivity (Wildman–Crippen MR) is 112 cm³/mol. The second-order valence-electron chi connectivity index (χ2n) is 7.32. The first-order valence-corrected chi connectivity index (χ1v) is 10.6. The van der Waals surface area contributed by atoms with Crippen molar-refractivity contribution in [2.24, 2.45) is 5.92 Å². The molecule has 0 unspecified atom stereocenters. The van der Waals surface area contributed by atoms with Crippen LogP contribution in [-0.2, 0) is 6.54 Å². The Morgan fingerprint density at radius 2 is 2.03 bits per heavy atom. The largest absolute Gasteiger partial charge is 0.339 e. The van der Waals surface area contributed by atoms with Crippen molar-refractivity contribution >= 4 is 27.5 Å². The van der Waals surface area contributed by atoms with Crippen LogP contribution in [-0.4, -0.2) is 53.4 Å². The molecule has 1 aliphatic rings. The lowest BCUT2D eigenvalue weighted by Crippen LogP contribution is -2.40. The van der Waals surface area contributed by atoms with E-state index in [0.717, 1.165) is 23.1 Å². The molecule has 152 valence electrons. The second-order valence-corrected chi connectivity index (χ2v) is 8.21. The molecule has 1 amide bonds. The highest BCUT2D eigenvalue weighted by Crippen LogP contribution is 2.23. The van der Waals surface area contributed by atoms with Crippen LogP contribution < -0.4 is 5.56 Å². The van der Waals surface area contributed by atoms with Gasteiger partial charge in [0.05, 0.1) is 15.7 Å². The van der Waals surface area contributed by atoms with Crippen molar-refractivity contribution in [3.8, 4) is 5.82 Å². The number of amides is 1. The van der Waals surface area contributed by atoms with E-state index in [-0.39, 0.29) is 17.4 Å². The number of likely N-dealkylation sites (tertiary alicyclic amines) is 1. The number of benzene rings is 1. The summed E-state index contributed by atoms with van der Waals surface area (Å²) in [6.07, 6.45) is 4.63. The molecular formula is C20H19N7O2S. The summed E-state index contributed by atoms with van der Waals surface area (Å²) in [5, 5.41) is 8.47. The second kappa shape index (κ2) is 7.79. The lowest BCUT2D eigenvalue weighted by molar-refractivity contribution is 0.0680. The summed E-state index contributed by atoms with van der Waals surface area (Å²) in [6.45, 7) is 1.86. The van der Waals surface area contributed by atoms with E-state index in [2.05, 4.69) is 20.2 Å². The molecule has 4 aromatic rings. The number of piperidine rings is 1. The van der Waals surface area contributed by atoms with E-state index in [1.165, 1.54) is 33.1 Å². The Bertz CT molecular complexity index is 1240. The number of nitrogens with zero attached hydrogens (tertiary/aromatic N) is 7.